The molecule has 7 nitrogen and oxygen atoms in total. The quantitative estimate of drug-likeness (QED) is 0.498. The van der Waals surface area contributed by atoms with Crippen LogP contribution in [-0.2, 0) is 0 Å². The normalized spacial score (nSPS) is 11.4. The summed E-state index contributed by atoms with van der Waals surface area (Å²) in [5.41, 5.74) is 4.51. The van der Waals surface area contributed by atoms with Crippen LogP contribution in [0, 0.1) is 6.92 Å². The smallest absolute Gasteiger partial charge is 0.183 e. The van der Waals surface area contributed by atoms with Gasteiger partial charge in [0.2, 0.25) is 0 Å². The molecular formula is C18H13N7. The summed E-state index contributed by atoms with van der Waals surface area (Å²) in [6.07, 6.45) is 6.91. The van der Waals surface area contributed by atoms with Crippen LogP contribution in [0.25, 0.3) is 33.8 Å². The van der Waals surface area contributed by atoms with Gasteiger partial charge in [0.25, 0.3) is 0 Å². The van der Waals surface area contributed by atoms with Gasteiger partial charge in [0.1, 0.15) is 6.33 Å². The van der Waals surface area contributed by atoms with Crippen LogP contribution in [0.4, 0.5) is 0 Å². The predicted molar refractivity (Wildman–Crippen MR) is 93.4 cm³/mol. The lowest BCUT2D eigenvalue weighted by molar-refractivity contribution is 0.882. The fraction of sp³-hybridized carbons (Fsp3) is 0.0556. The molecule has 0 fully saturated rings. The third-order valence-electron chi connectivity index (χ3n) is 4.10. The van der Waals surface area contributed by atoms with E-state index in [1.165, 1.54) is 5.56 Å². The van der Waals surface area contributed by atoms with Gasteiger partial charge in [0.15, 0.2) is 17.1 Å². The molecule has 0 bridgehead atoms. The van der Waals surface area contributed by atoms with Crippen molar-refractivity contribution in [3.63, 3.8) is 0 Å². The minimum atomic E-state index is 0.616. The summed E-state index contributed by atoms with van der Waals surface area (Å²) in [4.78, 5) is 13.3. The first kappa shape index (κ1) is 13.8. The predicted octanol–water partition coefficient (Wildman–Crippen LogP) is 2.83. The highest BCUT2D eigenvalue weighted by Crippen LogP contribution is 2.22. The van der Waals surface area contributed by atoms with E-state index in [2.05, 4.69) is 44.2 Å². The second-order valence-corrected chi connectivity index (χ2v) is 5.82. The first-order chi connectivity index (χ1) is 12.3. The van der Waals surface area contributed by atoms with Gasteiger partial charge in [-0.1, -0.05) is 17.7 Å². The van der Waals surface area contributed by atoms with Crippen LogP contribution in [0.2, 0.25) is 0 Å². The Balaban J connectivity index is 1.71. The molecule has 5 rings (SSSR count). The molecule has 0 N–H and O–H groups in total. The molecule has 0 saturated heterocycles. The number of hydrogen-bond acceptors (Lipinski definition) is 5. The number of aromatic nitrogens is 7. The van der Waals surface area contributed by atoms with Gasteiger partial charge in [-0.05, 0) is 31.2 Å². The van der Waals surface area contributed by atoms with Crippen molar-refractivity contribution >= 4 is 16.7 Å². The molecule has 4 heterocycles. The molecule has 0 saturated carbocycles. The Morgan fingerprint density at radius 2 is 1.84 bits per heavy atom. The SMILES string of the molecule is Cc1ccc(-n2ncc3c2ncn2nc(-c4cccnc4)nc32)cc1. The summed E-state index contributed by atoms with van der Waals surface area (Å²) >= 11 is 0. The average Bonchev–Trinajstić information content (AvgIpc) is 3.27. The standard InChI is InChI=1S/C18H13N7/c1-12-4-6-14(7-5-12)25-17-15(10-21-25)18-22-16(23-24(18)11-20-17)13-3-2-8-19-9-13/h2-11H,1H3. The van der Waals surface area contributed by atoms with Crippen molar-refractivity contribution < 1.29 is 0 Å². The van der Waals surface area contributed by atoms with Crippen molar-refractivity contribution in [2.45, 2.75) is 6.92 Å². The Hall–Kier alpha value is -3.61. The minimum absolute atomic E-state index is 0.616. The number of fused-ring (bicyclic) bond motifs is 3. The van der Waals surface area contributed by atoms with Crippen LogP contribution in [0.15, 0.2) is 61.3 Å². The molecule has 0 amide bonds. The lowest BCUT2D eigenvalue weighted by Crippen LogP contribution is -1.98. The highest BCUT2D eigenvalue weighted by Gasteiger charge is 2.14. The zero-order valence-electron chi connectivity index (χ0n) is 13.4. The van der Waals surface area contributed by atoms with E-state index in [0.717, 1.165) is 27.9 Å². The molecule has 7 heteroatoms. The average molecular weight is 327 g/mol. The summed E-state index contributed by atoms with van der Waals surface area (Å²) in [5.74, 6) is 0.616. The second-order valence-electron chi connectivity index (χ2n) is 5.82. The number of pyridine rings is 1. The maximum atomic E-state index is 4.65. The first-order valence-corrected chi connectivity index (χ1v) is 7.86. The molecule has 4 aromatic heterocycles. The van der Waals surface area contributed by atoms with Gasteiger partial charge in [-0.25, -0.2) is 19.2 Å². The van der Waals surface area contributed by atoms with E-state index in [0.29, 0.717) is 5.82 Å². The number of benzene rings is 1. The van der Waals surface area contributed by atoms with E-state index >= 15 is 0 Å². The summed E-state index contributed by atoms with van der Waals surface area (Å²) in [6.45, 7) is 2.06. The molecule has 0 aliphatic rings. The van der Waals surface area contributed by atoms with Crippen molar-refractivity contribution in [3.05, 3.63) is 66.9 Å². The molecule has 25 heavy (non-hydrogen) atoms. The van der Waals surface area contributed by atoms with Crippen LogP contribution in [-0.4, -0.2) is 34.3 Å². The maximum absolute atomic E-state index is 4.65. The third kappa shape index (κ3) is 2.17. The summed E-state index contributed by atoms with van der Waals surface area (Å²) in [7, 11) is 0. The monoisotopic (exact) mass is 327 g/mol. The van der Waals surface area contributed by atoms with Crippen LogP contribution in [0.1, 0.15) is 5.56 Å². The van der Waals surface area contributed by atoms with Crippen LogP contribution < -0.4 is 0 Å². The maximum Gasteiger partial charge on any atom is 0.183 e. The molecule has 0 aliphatic heterocycles. The fourth-order valence-electron chi connectivity index (χ4n) is 2.81. The van der Waals surface area contributed by atoms with E-state index in [-0.39, 0.29) is 0 Å². The summed E-state index contributed by atoms with van der Waals surface area (Å²) in [5, 5.41) is 9.83. The molecule has 0 unspecified atom stereocenters. The highest BCUT2D eigenvalue weighted by atomic mass is 15.3. The summed E-state index contributed by atoms with van der Waals surface area (Å²) in [6, 6.07) is 12.0. The molecule has 0 spiro atoms. The van der Waals surface area contributed by atoms with Crippen molar-refractivity contribution in [1.29, 1.82) is 0 Å². The van der Waals surface area contributed by atoms with E-state index in [1.807, 2.05) is 28.9 Å². The molecule has 0 radical (unpaired) electrons. The molecule has 1 aromatic carbocycles. The van der Waals surface area contributed by atoms with Gasteiger partial charge in [-0.15, -0.1) is 5.10 Å². The topological polar surface area (TPSA) is 73.8 Å². The molecule has 5 aromatic rings. The number of aryl methyl sites for hydroxylation is 1. The second kappa shape index (κ2) is 5.20. The van der Waals surface area contributed by atoms with Crippen LogP contribution in [0.3, 0.4) is 0 Å². The van der Waals surface area contributed by atoms with Crippen molar-refractivity contribution in [1.82, 2.24) is 34.3 Å². The Labute approximate surface area is 142 Å². The van der Waals surface area contributed by atoms with E-state index in [1.54, 1.807) is 29.4 Å². The van der Waals surface area contributed by atoms with Gasteiger partial charge >= 0.3 is 0 Å². The summed E-state index contributed by atoms with van der Waals surface area (Å²) < 4.78 is 3.49. The zero-order chi connectivity index (χ0) is 16.8. The van der Waals surface area contributed by atoms with E-state index in [9.17, 15) is 0 Å². The molecule has 0 atom stereocenters. The van der Waals surface area contributed by atoms with Crippen molar-refractivity contribution in [2.24, 2.45) is 0 Å². The largest absolute Gasteiger partial charge is 0.264 e. The first-order valence-electron chi connectivity index (χ1n) is 7.86. The van der Waals surface area contributed by atoms with E-state index in [4.69, 9.17) is 0 Å². The Kier molecular flexibility index (Phi) is 2.87. The Morgan fingerprint density at radius 1 is 0.960 bits per heavy atom. The van der Waals surface area contributed by atoms with Gasteiger partial charge in [0, 0.05) is 18.0 Å². The molecular weight excluding hydrogens is 314 g/mol. The highest BCUT2D eigenvalue weighted by molar-refractivity contribution is 5.89. The lowest BCUT2D eigenvalue weighted by atomic mass is 10.2. The molecule has 0 aliphatic carbocycles. The number of rotatable bonds is 2. The Bertz CT molecular complexity index is 1190. The lowest BCUT2D eigenvalue weighted by Gasteiger charge is -2.03. The van der Waals surface area contributed by atoms with Crippen LogP contribution in [0.5, 0.6) is 0 Å². The zero-order valence-corrected chi connectivity index (χ0v) is 13.4. The third-order valence-corrected chi connectivity index (χ3v) is 4.10. The minimum Gasteiger partial charge on any atom is -0.264 e. The fourth-order valence-corrected chi connectivity index (χ4v) is 2.81. The van der Waals surface area contributed by atoms with Gasteiger partial charge in [-0.2, -0.15) is 5.10 Å². The molecule has 120 valence electrons. The Morgan fingerprint density at radius 3 is 2.64 bits per heavy atom. The van der Waals surface area contributed by atoms with Crippen molar-refractivity contribution in [3.8, 4) is 17.1 Å². The van der Waals surface area contributed by atoms with Gasteiger partial charge < -0.3 is 0 Å². The number of hydrogen-bond donors (Lipinski definition) is 0. The number of nitrogens with zero attached hydrogens (tertiary/aromatic N) is 7. The van der Waals surface area contributed by atoms with E-state index < -0.39 is 0 Å². The van der Waals surface area contributed by atoms with Gasteiger partial charge in [0.05, 0.1) is 17.3 Å². The van der Waals surface area contributed by atoms with Crippen LogP contribution >= 0.6 is 0 Å². The van der Waals surface area contributed by atoms with Gasteiger partial charge in [-0.3, -0.25) is 4.98 Å². The van der Waals surface area contributed by atoms with Crippen molar-refractivity contribution in [2.75, 3.05) is 0 Å².